The molecule has 1 amide bonds. The molecule has 25 heavy (non-hydrogen) atoms. The second-order valence-corrected chi connectivity index (χ2v) is 5.80. The molecule has 2 aromatic rings. The van der Waals surface area contributed by atoms with Crippen molar-refractivity contribution < 1.29 is 23.8 Å². The van der Waals surface area contributed by atoms with E-state index in [0.29, 0.717) is 35.8 Å². The number of methoxy groups -OCH3 is 1. The van der Waals surface area contributed by atoms with Gasteiger partial charge in [0.15, 0.2) is 17.0 Å². The number of nitrogens with one attached hydrogen (secondary N) is 1. The van der Waals surface area contributed by atoms with Crippen molar-refractivity contribution in [3.63, 3.8) is 0 Å². The van der Waals surface area contributed by atoms with Gasteiger partial charge in [-0.3, -0.25) is 4.79 Å². The summed E-state index contributed by atoms with van der Waals surface area (Å²) in [6.07, 6.45) is 0. The van der Waals surface area contributed by atoms with E-state index >= 15 is 0 Å². The molecule has 1 aliphatic heterocycles. The molecular formula is C19H19NO5. The van der Waals surface area contributed by atoms with E-state index < -0.39 is 17.4 Å². The summed E-state index contributed by atoms with van der Waals surface area (Å²) >= 11 is 0. The smallest absolute Gasteiger partial charge is 0.336 e. The fourth-order valence-corrected chi connectivity index (χ4v) is 2.70. The van der Waals surface area contributed by atoms with Gasteiger partial charge in [-0.25, -0.2) is 4.79 Å². The number of rotatable bonds is 4. The van der Waals surface area contributed by atoms with Crippen molar-refractivity contribution in [3.8, 4) is 11.5 Å². The first-order valence-electron chi connectivity index (χ1n) is 7.90. The fraction of sp³-hybridized carbons (Fsp3) is 0.263. The number of hydrogen-bond acceptors (Lipinski definition) is 5. The van der Waals surface area contributed by atoms with Crippen LogP contribution in [0.4, 0.5) is 0 Å². The first-order chi connectivity index (χ1) is 12.0. The molecule has 2 aromatic carbocycles. The largest absolute Gasteiger partial charge is 0.486 e. The monoisotopic (exact) mass is 341 g/mol. The van der Waals surface area contributed by atoms with Gasteiger partial charge in [-0.1, -0.05) is 30.3 Å². The number of hydrogen-bond donors (Lipinski definition) is 1. The molecule has 0 fully saturated rings. The van der Waals surface area contributed by atoms with Crippen LogP contribution in [0, 0.1) is 0 Å². The van der Waals surface area contributed by atoms with Crippen LogP contribution >= 0.6 is 0 Å². The van der Waals surface area contributed by atoms with Crippen LogP contribution in [0.15, 0.2) is 48.5 Å². The van der Waals surface area contributed by atoms with E-state index in [-0.39, 0.29) is 0 Å². The molecule has 1 N–H and O–H groups in total. The number of carbonyl (C=O) groups is 2. The van der Waals surface area contributed by atoms with Gasteiger partial charge in [0.2, 0.25) is 0 Å². The van der Waals surface area contributed by atoms with Gasteiger partial charge in [-0.05, 0) is 30.7 Å². The molecular weight excluding hydrogens is 322 g/mol. The van der Waals surface area contributed by atoms with Crippen LogP contribution in [0.5, 0.6) is 11.5 Å². The topological polar surface area (TPSA) is 73.9 Å². The number of carbonyl (C=O) groups excluding carboxylic acids is 2. The Morgan fingerprint density at radius 3 is 2.40 bits per heavy atom. The lowest BCUT2D eigenvalue weighted by Gasteiger charge is -2.28. The average molecular weight is 341 g/mol. The Kier molecular flexibility index (Phi) is 4.61. The highest BCUT2D eigenvalue weighted by atomic mass is 16.6. The quantitative estimate of drug-likeness (QED) is 0.864. The molecule has 1 aliphatic rings. The molecule has 130 valence electrons. The number of ether oxygens (including phenoxy) is 3. The summed E-state index contributed by atoms with van der Waals surface area (Å²) in [7, 11) is 1.29. The molecule has 1 heterocycles. The predicted molar refractivity (Wildman–Crippen MR) is 90.7 cm³/mol. The Bertz CT molecular complexity index is 790. The van der Waals surface area contributed by atoms with Crippen molar-refractivity contribution >= 4 is 11.9 Å². The maximum absolute atomic E-state index is 12.7. The molecule has 0 spiro atoms. The first kappa shape index (κ1) is 16.8. The van der Waals surface area contributed by atoms with Gasteiger partial charge < -0.3 is 19.5 Å². The van der Waals surface area contributed by atoms with Crippen LogP contribution in [0.3, 0.4) is 0 Å². The SMILES string of the molecule is COC(=O)C(C)(NC(=O)c1ccc2c(c1)OCCO2)c1ccccc1. The molecule has 6 nitrogen and oxygen atoms in total. The van der Waals surface area contributed by atoms with E-state index in [9.17, 15) is 9.59 Å². The van der Waals surface area contributed by atoms with Crippen molar-refractivity contribution in [2.45, 2.75) is 12.5 Å². The average Bonchev–Trinajstić information content (AvgIpc) is 2.67. The minimum Gasteiger partial charge on any atom is -0.486 e. The molecule has 1 atom stereocenters. The van der Waals surface area contributed by atoms with Crippen molar-refractivity contribution in [1.82, 2.24) is 5.32 Å². The number of amides is 1. The van der Waals surface area contributed by atoms with Crippen LogP contribution in [-0.4, -0.2) is 32.2 Å². The zero-order chi connectivity index (χ0) is 17.9. The van der Waals surface area contributed by atoms with Gasteiger partial charge in [0.25, 0.3) is 5.91 Å². The molecule has 1 unspecified atom stereocenters. The summed E-state index contributed by atoms with van der Waals surface area (Å²) in [4.78, 5) is 25.1. The molecule has 0 bridgehead atoms. The summed E-state index contributed by atoms with van der Waals surface area (Å²) in [5, 5.41) is 2.77. The van der Waals surface area contributed by atoms with Crippen LogP contribution in [0.2, 0.25) is 0 Å². The zero-order valence-corrected chi connectivity index (χ0v) is 14.1. The summed E-state index contributed by atoms with van der Waals surface area (Å²) in [5.74, 6) is 0.151. The van der Waals surface area contributed by atoms with Gasteiger partial charge in [-0.15, -0.1) is 0 Å². The van der Waals surface area contributed by atoms with Crippen molar-refractivity contribution in [1.29, 1.82) is 0 Å². The van der Waals surface area contributed by atoms with E-state index in [4.69, 9.17) is 14.2 Å². The Balaban J connectivity index is 1.89. The standard InChI is InChI=1S/C19H19NO5/c1-19(18(22)23-2,14-6-4-3-5-7-14)20-17(21)13-8-9-15-16(12-13)25-11-10-24-15/h3-9,12H,10-11H2,1-2H3,(H,20,21). The third-order valence-electron chi connectivity index (χ3n) is 4.11. The van der Waals surface area contributed by atoms with Gasteiger partial charge in [0.05, 0.1) is 7.11 Å². The van der Waals surface area contributed by atoms with Gasteiger partial charge in [0, 0.05) is 5.56 Å². The maximum Gasteiger partial charge on any atom is 0.336 e. The van der Waals surface area contributed by atoms with Crippen LogP contribution < -0.4 is 14.8 Å². The van der Waals surface area contributed by atoms with Crippen LogP contribution in [0.1, 0.15) is 22.8 Å². The van der Waals surface area contributed by atoms with Crippen molar-refractivity contribution in [2.75, 3.05) is 20.3 Å². The fourth-order valence-electron chi connectivity index (χ4n) is 2.70. The van der Waals surface area contributed by atoms with E-state index in [2.05, 4.69) is 5.32 Å². The Morgan fingerprint density at radius 2 is 1.72 bits per heavy atom. The molecule has 0 saturated heterocycles. The van der Waals surface area contributed by atoms with Gasteiger partial charge >= 0.3 is 5.97 Å². The van der Waals surface area contributed by atoms with E-state index in [1.165, 1.54) is 7.11 Å². The lowest BCUT2D eigenvalue weighted by molar-refractivity contribution is -0.148. The minimum absolute atomic E-state index is 0.371. The molecule has 0 aromatic heterocycles. The molecule has 6 heteroatoms. The second kappa shape index (κ2) is 6.84. The highest BCUT2D eigenvalue weighted by molar-refractivity contribution is 5.98. The summed E-state index contributed by atoms with van der Waals surface area (Å²) in [6, 6.07) is 13.9. The Labute approximate surface area is 145 Å². The number of benzene rings is 2. The summed E-state index contributed by atoms with van der Waals surface area (Å²) in [6.45, 7) is 2.53. The van der Waals surface area contributed by atoms with Crippen molar-refractivity contribution in [3.05, 3.63) is 59.7 Å². The van der Waals surface area contributed by atoms with E-state index in [1.54, 1.807) is 49.4 Å². The molecule has 0 saturated carbocycles. The highest BCUT2D eigenvalue weighted by Crippen LogP contribution is 2.31. The highest BCUT2D eigenvalue weighted by Gasteiger charge is 2.38. The zero-order valence-electron chi connectivity index (χ0n) is 14.1. The number of esters is 1. The summed E-state index contributed by atoms with van der Waals surface area (Å²) < 4.78 is 15.9. The maximum atomic E-state index is 12.7. The molecule has 0 radical (unpaired) electrons. The first-order valence-corrected chi connectivity index (χ1v) is 7.90. The lowest BCUT2D eigenvalue weighted by atomic mass is 9.91. The molecule has 0 aliphatic carbocycles. The Morgan fingerprint density at radius 1 is 1.04 bits per heavy atom. The van der Waals surface area contributed by atoms with Crippen molar-refractivity contribution in [2.24, 2.45) is 0 Å². The van der Waals surface area contributed by atoms with Gasteiger partial charge in [-0.2, -0.15) is 0 Å². The normalized spacial score (nSPS) is 15.0. The minimum atomic E-state index is -1.31. The predicted octanol–water partition coefficient (Wildman–Crippen LogP) is 2.28. The van der Waals surface area contributed by atoms with Crippen LogP contribution in [-0.2, 0) is 15.1 Å². The summed E-state index contributed by atoms with van der Waals surface area (Å²) in [5.41, 5.74) is -0.302. The van der Waals surface area contributed by atoms with E-state index in [1.807, 2.05) is 6.07 Å². The lowest BCUT2D eigenvalue weighted by Crippen LogP contribution is -2.50. The van der Waals surface area contributed by atoms with Crippen LogP contribution in [0.25, 0.3) is 0 Å². The third-order valence-corrected chi connectivity index (χ3v) is 4.11. The van der Waals surface area contributed by atoms with E-state index in [0.717, 1.165) is 0 Å². The number of fused-ring (bicyclic) bond motifs is 1. The molecule has 3 rings (SSSR count). The Hall–Kier alpha value is -3.02. The second-order valence-electron chi connectivity index (χ2n) is 5.80. The van der Waals surface area contributed by atoms with Gasteiger partial charge in [0.1, 0.15) is 13.2 Å². The third kappa shape index (κ3) is 3.28.